The zero-order chi connectivity index (χ0) is 17.6. The molecule has 1 saturated heterocycles. The summed E-state index contributed by atoms with van der Waals surface area (Å²) in [5.41, 5.74) is 1.48. The Morgan fingerprint density at radius 1 is 1.42 bits per heavy atom. The number of H-pyrrole nitrogens is 1. The summed E-state index contributed by atoms with van der Waals surface area (Å²) in [6, 6.07) is 6.20. The Kier molecular flexibility index (Phi) is 2.94. The molecule has 3 aromatic rings. The topological polar surface area (TPSA) is 82.1 Å². The molecule has 6 rings (SSSR count). The first kappa shape index (κ1) is 15.4. The molecule has 6 nitrogen and oxygen atoms in total. The van der Waals surface area contributed by atoms with Crippen LogP contribution in [0, 0.1) is 5.92 Å². The lowest BCUT2D eigenvalue weighted by molar-refractivity contribution is 0.173. The molecule has 2 aromatic heterocycles. The van der Waals surface area contributed by atoms with Gasteiger partial charge in [0.1, 0.15) is 16.9 Å². The number of aromatic amines is 1. The van der Waals surface area contributed by atoms with Crippen LogP contribution in [-0.4, -0.2) is 37.7 Å². The highest BCUT2D eigenvalue weighted by Gasteiger charge is 2.72. The minimum atomic E-state index is -0.232. The van der Waals surface area contributed by atoms with Crippen LogP contribution in [0.25, 0.3) is 22.1 Å². The molecule has 2 N–H and O–H groups in total. The molecule has 5 atom stereocenters. The number of halogens is 1. The molecule has 3 heterocycles. The van der Waals surface area contributed by atoms with Crippen LogP contribution in [0.1, 0.15) is 31.5 Å². The summed E-state index contributed by atoms with van der Waals surface area (Å²) in [4.78, 5) is 22.6. The maximum Gasteiger partial charge on any atom is 0.294 e. The number of likely N-dealkylation sites (tertiary alicyclic amines) is 1. The van der Waals surface area contributed by atoms with Crippen LogP contribution < -0.4 is 5.56 Å². The van der Waals surface area contributed by atoms with Gasteiger partial charge in [0.05, 0.1) is 12.6 Å². The predicted molar refractivity (Wildman–Crippen MR) is 99.9 cm³/mol. The summed E-state index contributed by atoms with van der Waals surface area (Å²) in [7, 11) is 0. The van der Waals surface area contributed by atoms with Gasteiger partial charge in [-0.2, -0.15) is 0 Å². The van der Waals surface area contributed by atoms with E-state index in [1.165, 1.54) is 12.8 Å². The van der Waals surface area contributed by atoms with E-state index >= 15 is 0 Å². The van der Waals surface area contributed by atoms with Crippen molar-refractivity contribution in [1.29, 1.82) is 0 Å². The quantitative estimate of drug-likeness (QED) is 0.628. The van der Waals surface area contributed by atoms with Gasteiger partial charge in [0.2, 0.25) is 5.58 Å². The Balaban J connectivity index is 1.41. The second kappa shape index (κ2) is 4.97. The van der Waals surface area contributed by atoms with Crippen molar-refractivity contribution < 1.29 is 9.52 Å². The van der Waals surface area contributed by atoms with E-state index in [9.17, 15) is 9.90 Å². The Bertz CT molecular complexity index is 1120. The Labute approximate surface area is 157 Å². The van der Waals surface area contributed by atoms with Gasteiger partial charge in [-0.05, 0) is 49.8 Å². The molecule has 0 amide bonds. The summed E-state index contributed by atoms with van der Waals surface area (Å²) in [6.07, 6.45) is 3.98. The molecule has 0 bridgehead atoms. The van der Waals surface area contributed by atoms with Gasteiger partial charge in [0, 0.05) is 21.4 Å². The Morgan fingerprint density at radius 2 is 2.31 bits per heavy atom. The SMILES string of the molecule is O=c1[nH]c(CN2C3CCC4C[C@@H](O)CC432)nc2c1oc1ccc(Br)cc12. The first-order chi connectivity index (χ1) is 12.6. The molecule has 3 fully saturated rings. The number of fused-ring (bicyclic) bond motifs is 3. The second-order valence-corrected chi connectivity index (χ2v) is 8.85. The molecule has 3 aliphatic rings. The zero-order valence-electron chi connectivity index (χ0n) is 14.0. The first-order valence-corrected chi connectivity index (χ1v) is 9.91. The number of hydrogen-bond donors (Lipinski definition) is 2. The minimum absolute atomic E-state index is 0.147. The maximum atomic E-state index is 12.5. The van der Waals surface area contributed by atoms with Crippen molar-refractivity contribution in [3.63, 3.8) is 0 Å². The molecule has 2 aliphatic carbocycles. The number of nitrogens with one attached hydrogen (secondary N) is 1. The third-order valence-electron chi connectivity index (χ3n) is 6.69. The summed E-state index contributed by atoms with van der Waals surface area (Å²) in [5, 5.41) is 10.9. The largest absolute Gasteiger partial charge is 0.449 e. The van der Waals surface area contributed by atoms with E-state index in [2.05, 4.69) is 25.8 Å². The van der Waals surface area contributed by atoms with Crippen LogP contribution in [0.15, 0.2) is 31.9 Å². The third kappa shape index (κ3) is 1.88. The molecular weight excluding hydrogens is 398 g/mol. The monoisotopic (exact) mass is 415 g/mol. The van der Waals surface area contributed by atoms with Crippen LogP contribution in [0.2, 0.25) is 0 Å². The molecular formula is C19H18BrN3O3. The van der Waals surface area contributed by atoms with Crippen molar-refractivity contribution in [1.82, 2.24) is 14.9 Å². The van der Waals surface area contributed by atoms with Crippen LogP contribution in [0.4, 0.5) is 0 Å². The van der Waals surface area contributed by atoms with E-state index in [-0.39, 0.29) is 22.8 Å². The number of rotatable bonds is 2. The summed E-state index contributed by atoms with van der Waals surface area (Å²) >= 11 is 3.47. The smallest absolute Gasteiger partial charge is 0.294 e. The molecule has 2 saturated carbocycles. The highest BCUT2D eigenvalue weighted by Crippen LogP contribution is 2.64. The van der Waals surface area contributed by atoms with E-state index < -0.39 is 0 Å². The average molecular weight is 416 g/mol. The number of nitrogens with zero attached hydrogens (tertiary/aromatic N) is 2. The molecule has 134 valence electrons. The standard InChI is InChI=1S/C19H18BrN3O3/c20-10-2-3-13-12(6-10)16-17(26-13)18(25)22-15(21-16)8-23-14-4-1-9-5-11(24)7-19(9,14)23/h2-3,6,9,11,14,24H,1,4-5,7-8H2,(H,21,22,25)/t9?,11-,14?,19?,23?/m1/s1. The number of aliphatic hydroxyl groups is 1. The van der Waals surface area contributed by atoms with Crippen molar-refractivity contribution in [2.24, 2.45) is 5.92 Å². The summed E-state index contributed by atoms with van der Waals surface area (Å²) in [6.45, 7) is 0.625. The number of piperidine rings is 1. The lowest BCUT2D eigenvalue weighted by atomic mass is 9.98. The van der Waals surface area contributed by atoms with Gasteiger partial charge < -0.3 is 14.5 Å². The van der Waals surface area contributed by atoms with Crippen molar-refractivity contribution in [2.45, 2.75) is 49.9 Å². The molecule has 1 aliphatic heterocycles. The number of benzene rings is 1. The lowest BCUT2D eigenvalue weighted by Crippen LogP contribution is -2.24. The molecule has 7 heteroatoms. The van der Waals surface area contributed by atoms with E-state index in [0.29, 0.717) is 35.4 Å². The second-order valence-electron chi connectivity index (χ2n) is 7.94. The normalized spacial score (nSPS) is 35.2. The predicted octanol–water partition coefficient (Wildman–Crippen LogP) is 2.92. The van der Waals surface area contributed by atoms with Crippen molar-refractivity contribution in [2.75, 3.05) is 0 Å². The number of aromatic nitrogens is 2. The van der Waals surface area contributed by atoms with Gasteiger partial charge >= 0.3 is 0 Å². The van der Waals surface area contributed by atoms with Gasteiger partial charge in [-0.25, -0.2) is 4.98 Å². The average Bonchev–Trinajstić information content (AvgIpc) is 2.94. The fraction of sp³-hybridized carbons (Fsp3) is 0.474. The number of furan rings is 1. The minimum Gasteiger partial charge on any atom is -0.449 e. The van der Waals surface area contributed by atoms with Crippen molar-refractivity contribution in [3.05, 3.63) is 38.9 Å². The molecule has 26 heavy (non-hydrogen) atoms. The molecule has 4 unspecified atom stereocenters. The number of hydrogen-bond acceptors (Lipinski definition) is 5. The van der Waals surface area contributed by atoms with Crippen LogP contribution in [0.3, 0.4) is 0 Å². The van der Waals surface area contributed by atoms with Gasteiger partial charge in [0.15, 0.2) is 0 Å². The van der Waals surface area contributed by atoms with E-state index in [4.69, 9.17) is 9.40 Å². The van der Waals surface area contributed by atoms with E-state index in [0.717, 1.165) is 22.7 Å². The maximum absolute atomic E-state index is 12.5. The van der Waals surface area contributed by atoms with Gasteiger partial charge in [-0.15, -0.1) is 0 Å². The zero-order valence-corrected chi connectivity index (χ0v) is 15.6. The van der Waals surface area contributed by atoms with Crippen LogP contribution in [0.5, 0.6) is 0 Å². The van der Waals surface area contributed by atoms with Gasteiger partial charge in [-0.3, -0.25) is 9.69 Å². The summed E-state index contributed by atoms with van der Waals surface area (Å²) < 4.78 is 6.63. The van der Waals surface area contributed by atoms with Gasteiger partial charge in [0.25, 0.3) is 5.56 Å². The van der Waals surface area contributed by atoms with Crippen molar-refractivity contribution in [3.8, 4) is 0 Å². The highest BCUT2D eigenvalue weighted by atomic mass is 79.9. The molecule has 1 spiro atoms. The fourth-order valence-corrected chi connectivity index (χ4v) is 6.06. The lowest BCUT2D eigenvalue weighted by Gasteiger charge is -2.17. The Morgan fingerprint density at radius 3 is 3.19 bits per heavy atom. The number of aliphatic hydroxyl groups excluding tert-OH is 1. The molecule has 1 aromatic carbocycles. The molecule has 0 radical (unpaired) electrons. The van der Waals surface area contributed by atoms with Crippen LogP contribution in [-0.2, 0) is 6.54 Å². The third-order valence-corrected chi connectivity index (χ3v) is 7.18. The summed E-state index contributed by atoms with van der Waals surface area (Å²) in [5.74, 6) is 1.26. The fourth-order valence-electron chi connectivity index (χ4n) is 5.69. The van der Waals surface area contributed by atoms with E-state index in [1.54, 1.807) is 0 Å². The first-order valence-electron chi connectivity index (χ1n) is 9.12. The Hall–Kier alpha value is -1.70. The van der Waals surface area contributed by atoms with E-state index in [1.807, 2.05) is 18.2 Å². The van der Waals surface area contributed by atoms with Gasteiger partial charge in [-0.1, -0.05) is 15.9 Å². The van der Waals surface area contributed by atoms with Crippen molar-refractivity contribution >= 4 is 38.0 Å². The van der Waals surface area contributed by atoms with Crippen LogP contribution >= 0.6 is 15.9 Å². The highest BCUT2D eigenvalue weighted by molar-refractivity contribution is 9.10.